The number of hydrogen-bond donors (Lipinski definition) is 3. The molecular formula is C15H19N5O3. The first-order chi connectivity index (χ1) is 11.1. The molecule has 0 bridgehead atoms. The van der Waals surface area contributed by atoms with Crippen LogP contribution in [0.4, 0.5) is 0 Å². The maximum absolute atomic E-state index is 12.2. The molecule has 2 aromatic rings. The summed E-state index contributed by atoms with van der Waals surface area (Å²) in [6.45, 7) is 1.98. The van der Waals surface area contributed by atoms with Crippen LogP contribution in [-0.2, 0) is 6.42 Å². The fraction of sp³-hybridized carbons (Fsp3) is 0.467. The molecule has 2 aromatic heterocycles. The van der Waals surface area contributed by atoms with Crippen molar-refractivity contribution in [1.29, 1.82) is 0 Å². The zero-order chi connectivity index (χ0) is 16.4. The van der Waals surface area contributed by atoms with Gasteiger partial charge < -0.3 is 20.6 Å². The van der Waals surface area contributed by atoms with Crippen molar-refractivity contribution >= 4 is 11.8 Å². The first-order valence-corrected chi connectivity index (χ1v) is 7.68. The molecular weight excluding hydrogens is 298 g/mol. The summed E-state index contributed by atoms with van der Waals surface area (Å²) in [5.41, 5.74) is 5.79. The maximum atomic E-state index is 12.2. The highest BCUT2D eigenvalue weighted by molar-refractivity contribution is 5.98. The third kappa shape index (κ3) is 3.25. The largest absolute Gasteiger partial charge is 0.366 e. The molecule has 1 aliphatic carbocycles. The summed E-state index contributed by atoms with van der Waals surface area (Å²) in [6.07, 6.45) is 4.68. The maximum Gasteiger partial charge on any atom is 0.267 e. The zero-order valence-corrected chi connectivity index (χ0v) is 12.8. The van der Waals surface area contributed by atoms with Crippen molar-refractivity contribution in [3.63, 3.8) is 0 Å². The second-order valence-electron chi connectivity index (χ2n) is 5.75. The molecule has 23 heavy (non-hydrogen) atoms. The first-order valence-electron chi connectivity index (χ1n) is 7.68. The van der Waals surface area contributed by atoms with E-state index < -0.39 is 5.91 Å². The average molecular weight is 317 g/mol. The number of rotatable bonds is 5. The molecule has 1 saturated carbocycles. The van der Waals surface area contributed by atoms with Crippen molar-refractivity contribution < 1.29 is 14.1 Å². The third-order valence-electron chi connectivity index (χ3n) is 4.13. The molecule has 0 radical (unpaired) electrons. The normalized spacial score (nSPS) is 20.6. The van der Waals surface area contributed by atoms with Gasteiger partial charge in [0.2, 0.25) is 11.8 Å². The minimum absolute atomic E-state index is 0.0461. The second kappa shape index (κ2) is 6.23. The molecule has 0 spiro atoms. The highest BCUT2D eigenvalue weighted by atomic mass is 16.5. The van der Waals surface area contributed by atoms with Crippen LogP contribution >= 0.6 is 0 Å². The molecule has 8 heteroatoms. The van der Waals surface area contributed by atoms with Gasteiger partial charge in [-0.05, 0) is 25.3 Å². The van der Waals surface area contributed by atoms with Gasteiger partial charge in [0.15, 0.2) is 5.82 Å². The molecule has 2 amide bonds. The van der Waals surface area contributed by atoms with E-state index >= 15 is 0 Å². The van der Waals surface area contributed by atoms with Gasteiger partial charge in [-0.25, -0.2) is 0 Å². The lowest BCUT2D eigenvalue weighted by Gasteiger charge is -2.11. The molecule has 1 fully saturated rings. The van der Waals surface area contributed by atoms with Crippen molar-refractivity contribution in [2.75, 3.05) is 0 Å². The van der Waals surface area contributed by atoms with Crippen LogP contribution in [0.15, 0.2) is 16.8 Å². The SMILES string of the molecule is CCc1noc(C2CCC(NC(=O)c3cc(C(N)=O)c[nH]3)C2)n1. The Hall–Kier alpha value is -2.64. The van der Waals surface area contributed by atoms with Crippen LogP contribution < -0.4 is 11.1 Å². The van der Waals surface area contributed by atoms with Gasteiger partial charge in [-0.2, -0.15) is 4.98 Å². The molecule has 0 aromatic carbocycles. The van der Waals surface area contributed by atoms with E-state index in [0.717, 1.165) is 25.7 Å². The smallest absolute Gasteiger partial charge is 0.267 e. The summed E-state index contributed by atoms with van der Waals surface area (Å²) in [5.74, 6) is 0.720. The Bertz CT molecular complexity index is 720. The number of amides is 2. The second-order valence-corrected chi connectivity index (χ2v) is 5.75. The Morgan fingerprint density at radius 2 is 2.30 bits per heavy atom. The Morgan fingerprint density at radius 1 is 1.48 bits per heavy atom. The van der Waals surface area contributed by atoms with E-state index in [9.17, 15) is 9.59 Å². The quantitative estimate of drug-likeness (QED) is 0.761. The number of H-pyrrole nitrogens is 1. The molecule has 122 valence electrons. The van der Waals surface area contributed by atoms with Crippen molar-refractivity contribution in [2.45, 2.75) is 44.6 Å². The first kappa shape index (κ1) is 15.3. The van der Waals surface area contributed by atoms with Crippen LogP contribution in [0.1, 0.15) is 64.7 Å². The number of carbonyl (C=O) groups is 2. The highest BCUT2D eigenvalue weighted by Gasteiger charge is 2.31. The number of carbonyl (C=O) groups excluding carboxylic acids is 2. The molecule has 2 heterocycles. The number of aromatic amines is 1. The Morgan fingerprint density at radius 3 is 2.96 bits per heavy atom. The molecule has 4 N–H and O–H groups in total. The standard InChI is InChI=1S/C15H19N5O3/c1-2-12-19-15(23-20-12)8-3-4-10(5-8)18-14(22)11-6-9(7-17-11)13(16)21/h6-8,10,17H,2-5H2,1H3,(H2,16,21)(H,18,22). The fourth-order valence-electron chi connectivity index (χ4n) is 2.84. The van der Waals surface area contributed by atoms with Crippen molar-refractivity contribution in [2.24, 2.45) is 5.73 Å². The molecule has 2 atom stereocenters. The number of aromatic nitrogens is 3. The van der Waals surface area contributed by atoms with Gasteiger partial charge in [0.25, 0.3) is 5.91 Å². The van der Waals surface area contributed by atoms with Crippen molar-refractivity contribution in [3.05, 3.63) is 35.2 Å². The highest BCUT2D eigenvalue weighted by Crippen LogP contribution is 2.33. The topological polar surface area (TPSA) is 127 Å². The summed E-state index contributed by atoms with van der Waals surface area (Å²) in [6, 6.07) is 1.50. The van der Waals surface area contributed by atoms with Gasteiger partial charge in [-0.15, -0.1) is 0 Å². The van der Waals surface area contributed by atoms with E-state index in [-0.39, 0.29) is 23.4 Å². The lowest BCUT2D eigenvalue weighted by molar-refractivity contribution is 0.0932. The van der Waals surface area contributed by atoms with Crippen molar-refractivity contribution in [3.8, 4) is 0 Å². The lowest BCUT2D eigenvalue weighted by atomic mass is 10.1. The monoisotopic (exact) mass is 317 g/mol. The Balaban J connectivity index is 1.58. The van der Waals surface area contributed by atoms with Crippen LogP contribution in [0.25, 0.3) is 0 Å². The van der Waals surface area contributed by atoms with Crippen molar-refractivity contribution in [1.82, 2.24) is 20.4 Å². The predicted octanol–water partition coefficient (Wildman–Crippen LogP) is 1.13. The number of hydrogen-bond acceptors (Lipinski definition) is 5. The summed E-state index contributed by atoms with van der Waals surface area (Å²) in [7, 11) is 0. The predicted molar refractivity (Wildman–Crippen MR) is 80.8 cm³/mol. The van der Waals surface area contributed by atoms with Crippen LogP contribution in [-0.4, -0.2) is 33.0 Å². The summed E-state index contributed by atoms with van der Waals surface area (Å²) in [4.78, 5) is 30.4. The Labute approximate surface area is 132 Å². The van der Waals surface area contributed by atoms with Gasteiger partial charge >= 0.3 is 0 Å². The number of nitrogens with one attached hydrogen (secondary N) is 2. The van der Waals surface area contributed by atoms with Crippen LogP contribution in [0.5, 0.6) is 0 Å². The van der Waals surface area contributed by atoms with Crippen LogP contribution in [0, 0.1) is 0 Å². The fourth-order valence-corrected chi connectivity index (χ4v) is 2.84. The summed E-state index contributed by atoms with van der Waals surface area (Å²) < 4.78 is 5.28. The Kier molecular flexibility index (Phi) is 4.14. The molecule has 1 aliphatic rings. The summed E-state index contributed by atoms with van der Waals surface area (Å²) in [5, 5.41) is 6.87. The van der Waals surface area contributed by atoms with E-state index in [2.05, 4.69) is 20.4 Å². The van der Waals surface area contributed by atoms with Crippen LogP contribution in [0.2, 0.25) is 0 Å². The summed E-state index contributed by atoms with van der Waals surface area (Å²) >= 11 is 0. The van der Waals surface area contributed by atoms with E-state index in [1.807, 2.05) is 6.92 Å². The van der Waals surface area contributed by atoms with E-state index in [0.29, 0.717) is 17.4 Å². The van der Waals surface area contributed by atoms with Gasteiger partial charge in [0.05, 0.1) is 5.56 Å². The zero-order valence-electron chi connectivity index (χ0n) is 12.8. The van der Waals surface area contributed by atoms with Gasteiger partial charge in [-0.3, -0.25) is 9.59 Å². The molecule has 2 unspecified atom stereocenters. The van der Waals surface area contributed by atoms with Gasteiger partial charge in [0, 0.05) is 24.6 Å². The molecule has 0 aliphatic heterocycles. The van der Waals surface area contributed by atoms with E-state index in [4.69, 9.17) is 10.3 Å². The molecule has 0 saturated heterocycles. The molecule has 3 rings (SSSR count). The minimum Gasteiger partial charge on any atom is -0.366 e. The number of nitrogens with two attached hydrogens (primary N) is 1. The third-order valence-corrected chi connectivity index (χ3v) is 4.13. The lowest BCUT2D eigenvalue weighted by Crippen LogP contribution is -2.33. The average Bonchev–Trinajstić information content (AvgIpc) is 3.26. The van der Waals surface area contributed by atoms with Crippen LogP contribution in [0.3, 0.4) is 0 Å². The minimum atomic E-state index is -0.565. The number of nitrogens with zero attached hydrogens (tertiary/aromatic N) is 2. The van der Waals surface area contributed by atoms with Gasteiger partial charge in [-0.1, -0.05) is 12.1 Å². The number of aryl methyl sites for hydroxylation is 1. The number of primary amides is 1. The van der Waals surface area contributed by atoms with E-state index in [1.54, 1.807) is 0 Å². The molecule has 8 nitrogen and oxygen atoms in total. The van der Waals surface area contributed by atoms with Gasteiger partial charge in [0.1, 0.15) is 5.69 Å². The van der Waals surface area contributed by atoms with E-state index in [1.165, 1.54) is 12.3 Å².